The van der Waals surface area contributed by atoms with Gasteiger partial charge in [0.05, 0.1) is 30.3 Å². The fourth-order valence-corrected chi connectivity index (χ4v) is 4.85. The predicted octanol–water partition coefficient (Wildman–Crippen LogP) is 7.67. The molecule has 0 aliphatic rings. The van der Waals surface area contributed by atoms with Crippen molar-refractivity contribution in [1.82, 2.24) is 10.2 Å². The fraction of sp³-hybridized carbons (Fsp3) is 0.281. The van der Waals surface area contributed by atoms with E-state index in [1.54, 1.807) is 12.2 Å². The Balaban J connectivity index is 2.21. The number of carbonyl (C=O) groups is 1. The number of ether oxygens (including phenoxy) is 1. The molecule has 0 aliphatic carbocycles. The molecule has 0 unspecified atom stereocenters. The molecule has 42 heavy (non-hydrogen) atoms. The van der Waals surface area contributed by atoms with Gasteiger partial charge in [-0.3, -0.25) is 15.0 Å². The summed E-state index contributed by atoms with van der Waals surface area (Å²) in [7, 11) is 1.21. The Morgan fingerprint density at radius 3 is 1.67 bits per heavy atom. The Labute approximate surface area is 241 Å². The summed E-state index contributed by atoms with van der Waals surface area (Å²) in [6.45, 7) is 10.2. The van der Waals surface area contributed by atoms with Crippen molar-refractivity contribution in [2.24, 2.45) is 0 Å². The quantitative estimate of drug-likeness (QED) is 0.134. The monoisotopic (exact) mass is 590 g/mol. The third-order valence-corrected chi connectivity index (χ3v) is 6.89. The zero-order chi connectivity index (χ0) is 31.1. The van der Waals surface area contributed by atoms with E-state index in [4.69, 9.17) is 4.74 Å². The van der Waals surface area contributed by atoms with Crippen molar-refractivity contribution in [2.45, 2.75) is 37.4 Å². The van der Waals surface area contributed by atoms with Crippen LogP contribution in [-0.4, -0.2) is 37.1 Å². The van der Waals surface area contributed by atoms with Crippen LogP contribution in [0.1, 0.15) is 45.5 Å². The van der Waals surface area contributed by atoms with Crippen LogP contribution in [0, 0.1) is 6.92 Å². The van der Waals surface area contributed by atoms with Crippen LogP contribution in [0.2, 0.25) is 0 Å². The molecule has 0 radical (unpaired) electrons. The molecule has 0 saturated carbocycles. The van der Waals surface area contributed by atoms with Crippen LogP contribution < -0.4 is 5.32 Å². The van der Waals surface area contributed by atoms with Gasteiger partial charge in [0.2, 0.25) is 0 Å². The molecule has 0 aliphatic heterocycles. The minimum absolute atomic E-state index is 0.305. The van der Waals surface area contributed by atoms with Gasteiger partial charge >= 0.3 is 18.3 Å². The van der Waals surface area contributed by atoms with Gasteiger partial charge in [-0.2, -0.15) is 26.3 Å². The molecule has 0 amide bonds. The number of aryl methyl sites for hydroxylation is 1. The molecule has 1 N–H and O–H groups in total. The minimum atomic E-state index is -4.59. The standard InChI is InChI=1S/C32H32F6N2O2/c1-5-19-40(20-6-2)29(26-10-8-7-9-21(26)3)28(30(41)42-4)39-27(22-11-15-24(16-12-22)31(33,34)35)23-13-17-25(18-14-23)32(36,37)38/h5-18,27-29,39H,1-2,19-20H2,3-4H3/t28-,29-/m0/s1. The maximum atomic E-state index is 13.5. The summed E-state index contributed by atoms with van der Waals surface area (Å²) in [5, 5.41) is 3.23. The third kappa shape index (κ3) is 7.89. The molecule has 4 nitrogen and oxygen atoms in total. The number of methoxy groups -OCH3 is 1. The first kappa shape index (κ1) is 32.6. The molecule has 0 heterocycles. The van der Waals surface area contributed by atoms with Crippen LogP contribution in [0.3, 0.4) is 0 Å². The SMILES string of the molecule is C=CCN(CC=C)[C@@H](c1ccccc1C)[C@H](NC(c1ccc(C(F)(F)F)cc1)c1ccc(C(F)(F)F)cc1)C(=O)OC. The van der Waals surface area contributed by atoms with Gasteiger partial charge in [-0.25, -0.2) is 0 Å². The Bertz CT molecular complexity index is 1280. The number of nitrogens with zero attached hydrogens (tertiary/aromatic N) is 1. The largest absolute Gasteiger partial charge is 0.468 e. The van der Waals surface area contributed by atoms with Crippen molar-refractivity contribution >= 4 is 5.97 Å². The minimum Gasteiger partial charge on any atom is -0.468 e. The van der Waals surface area contributed by atoms with E-state index in [-0.39, 0.29) is 0 Å². The molecule has 0 aromatic heterocycles. The highest BCUT2D eigenvalue weighted by molar-refractivity contribution is 5.77. The van der Waals surface area contributed by atoms with Gasteiger partial charge in [0.15, 0.2) is 0 Å². The van der Waals surface area contributed by atoms with Crippen LogP contribution in [0.15, 0.2) is 98.1 Å². The number of carbonyl (C=O) groups excluding carboxylic acids is 1. The number of hydrogen-bond donors (Lipinski definition) is 1. The van der Waals surface area contributed by atoms with E-state index in [0.717, 1.165) is 35.4 Å². The average molecular weight is 591 g/mol. The summed E-state index contributed by atoms with van der Waals surface area (Å²) < 4.78 is 85.1. The summed E-state index contributed by atoms with van der Waals surface area (Å²) in [4.78, 5) is 15.4. The number of esters is 1. The molecule has 2 atom stereocenters. The lowest BCUT2D eigenvalue weighted by Crippen LogP contribution is -2.50. The zero-order valence-electron chi connectivity index (χ0n) is 23.2. The van der Waals surface area contributed by atoms with E-state index >= 15 is 0 Å². The Kier molecular flexibility index (Phi) is 10.8. The van der Waals surface area contributed by atoms with Gasteiger partial charge in [0.25, 0.3) is 0 Å². The molecule has 3 rings (SSSR count). The molecule has 10 heteroatoms. The number of benzene rings is 3. The highest BCUT2D eigenvalue weighted by Gasteiger charge is 2.38. The van der Waals surface area contributed by atoms with E-state index in [2.05, 4.69) is 18.5 Å². The third-order valence-electron chi connectivity index (χ3n) is 6.89. The second kappa shape index (κ2) is 13.8. The van der Waals surface area contributed by atoms with E-state index < -0.39 is 47.6 Å². The highest BCUT2D eigenvalue weighted by atomic mass is 19.4. The number of nitrogens with one attached hydrogen (secondary N) is 1. The predicted molar refractivity (Wildman–Crippen MR) is 150 cm³/mol. The lowest BCUT2D eigenvalue weighted by Gasteiger charge is -2.38. The van der Waals surface area contributed by atoms with E-state index in [0.29, 0.717) is 24.2 Å². The molecule has 3 aromatic rings. The van der Waals surface area contributed by atoms with Crippen molar-refractivity contribution in [3.63, 3.8) is 0 Å². The van der Waals surface area contributed by atoms with Gasteiger partial charge < -0.3 is 4.74 Å². The van der Waals surface area contributed by atoms with Crippen molar-refractivity contribution in [3.8, 4) is 0 Å². The van der Waals surface area contributed by atoms with Crippen LogP contribution in [-0.2, 0) is 21.9 Å². The van der Waals surface area contributed by atoms with Crippen molar-refractivity contribution in [2.75, 3.05) is 20.2 Å². The molecule has 224 valence electrons. The van der Waals surface area contributed by atoms with E-state index in [1.165, 1.54) is 31.4 Å². The summed E-state index contributed by atoms with van der Waals surface area (Å²) in [5.74, 6) is -0.676. The topological polar surface area (TPSA) is 41.6 Å². The fourth-order valence-electron chi connectivity index (χ4n) is 4.85. The number of rotatable bonds is 12. The Hall–Kier alpha value is -3.89. The summed E-state index contributed by atoms with van der Waals surface area (Å²) in [6, 6.07) is 13.1. The van der Waals surface area contributed by atoms with Crippen LogP contribution >= 0.6 is 0 Å². The summed E-state index contributed by atoms with van der Waals surface area (Å²) >= 11 is 0. The molecule has 3 aromatic carbocycles. The lowest BCUT2D eigenvalue weighted by molar-refractivity contribution is -0.145. The molecule has 0 saturated heterocycles. The Morgan fingerprint density at radius 2 is 1.29 bits per heavy atom. The van der Waals surface area contributed by atoms with Crippen molar-refractivity contribution in [3.05, 3.63) is 131 Å². The van der Waals surface area contributed by atoms with Crippen LogP contribution in [0.5, 0.6) is 0 Å². The number of alkyl halides is 6. The van der Waals surface area contributed by atoms with Gasteiger partial charge in [0, 0.05) is 13.1 Å². The highest BCUT2D eigenvalue weighted by Crippen LogP contribution is 2.35. The van der Waals surface area contributed by atoms with Crippen LogP contribution in [0.4, 0.5) is 26.3 Å². The zero-order valence-corrected chi connectivity index (χ0v) is 23.2. The first-order chi connectivity index (χ1) is 19.8. The van der Waals surface area contributed by atoms with Gasteiger partial charge in [-0.05, 0) is 53.4 Å². The second-order valence-corrected chi connectivity index (χ2v) is 9.67. The lowest BCUT2D eigenvalue weighted by atomic mass is 9.90. The first-order valence-electron chi connectivity index (χ1n) is 13.0. The van der Waals surface area contributed by atoms with E-state index in [1.807, 2.05) is 36.1 Å². The molecule has 0 bridgehead atoms. The maximum Gasteiger partial charge on any atom is 0.416 e. The molecule has 0 fully saturated rings. The number of hydrogen-bond acceptors (Lipinski definition) is 4. The summed E-state index contributed by atoms with van der Waals surface area (Å²) in [6.07, 6.45) is -5.86. The first-order valence-corrected chi connectivity index (χ1v) is 13.0. The Morgan fingerprint density at radius 1 is 0.833 bits per heavy atom. The van der Waals surface area contributed by atoms with Crippen molar-refractivity contribution in [1.29, 1.82) is 0 Å². The number of halogens is 6. The second-order valence-electron chi connectivity index (χ2n) is 9.67. The smallest absolute Gasteiger partial charge is 0.416 e. The normalized spacial score (nSPS) is 13.6. The van der Waals surface area contributed by atoms with Gasteiger partial charge in [0.1, 0.15) is 6.04 Å². The average Bonchev–Trinajstić information content (AvgIpc) is 2.95. The van der Waals surface area contributed by atoms with Crippen LogP contribution in [0.25, 0.3) is 0 Å². The van der Waals surface area contributed by atoms with Gasteiger partial charge in [-0.1, -0.05) is 60.7 Å². The molecular formula is C32H32F6N2O2. The van der Waals surface area contributed by atoms with Crippen molar-refractivity contribution < 1.29 is 35.9 Å². The summed E-state index contributed by atoms with van der Waals surface area (Å²) in [5.41, 5.74) is 0.462. The maximum absolute atomic E-state index is 13.5. The van der Waals surface area contributed by atoms with Gasteiger partial charge in [-0.15, -0.1) is 13.2 Å². The molecular weight excluding hydrogens is 558 g/mol. The molecule has 0 spiro atoms. The van der Waals surface area contributed by atoms with E-state index in [9.17, 15) is 31.1 Å².